The van der Waals surface area contributed by atoms with Crippen molar-refractivity contribution >= 4 is 5.97 Å². The highest BCUT2D eigenvalue weighted by atomic mass is 16.4. The number of aromatic nitrogens is 4. The number of carboxylic acid groups (broad SMARTS) is 1. The number of nitrogens with two attached hydrogens (primary N) is 1. The third kappa shape index (κ3) is 1.97. The van der Waals surface area contributed by atoms with E-state index in [1.54, 1.807) is 0 Å². The lowest BCUT2D eigenvalue weighted by Gasteiger charge is -2.02. The van der Waals surface area contributed by atoms with Gasteiger partial charge in [0.15, 0.2) is 6.33 Å². The summed E-state index contributed by atoms with van der Waals surface area (Å²) < 4.78 is 0. The molecular weight excluding hydrogens is 150 g/mol. The average Bonchev–Trinajstić information content (AvgIpc) is 2.39. The molecule has 0 radical (unpaired) electrons. The van der Waals surface area contributed by atoms with Crippen LogP contribution in [0.3, 0.4) is 0 Å². The fourth-order valence-electron chi connectivity index (χ4n) is 0.526. The van der Waals surface area contributed by atoms with Crippen molar-refractivity contribution in [3.8, 4) is 0 Å². The van der Waals surface area contributed by atoms with Gasteiger partial charge in [-0.15, -0.1) is 10.2 Å². The number of carboxylic acids is 1. The first kappa shape index (κ1) is 7.61. The average molecular weight is 157 g/mol. The molecule has 0 spiro atoms. The monoisotopic (exact) mass is 157 g/mol. The SMILES string of the molecule is N[C@@H](Cn1ncnn1)C(=O)O. The maximum atomic E-state index is 10.2. The zero-order valence-electron chi connectivity index (χ0n) is 5.58. The molecular formula is C4H7N5O2. The number of hydrogen-bond donors (Lipinski definition) is 2. The molecule has 1 atom stereocenters. The first-order valence-corrected chi connectivity index (χ1v) is 2.89. The van der Waals surface area contributed by atoms with Crippen LogP contribution in [-0.4, -0.2) is 37.3 Å². The van der Waals surface area contributed by atoms with E-state index in [4.69, 9.17) is 10.8 Å². The molecule has 0 aliphatic carbocycles. The Balaban J connectivity index is 2.50. The van der Waals surface area contributed by atoms with Gasteiger partial charge in [-0.05, 0) is 5.21 Å². The Morgan fingerprint density at radius 2 is 2.55 bits per heavy atom. The van der Waals surface area contributed by atoms with Crippen LogP contribution in [0.25, 0.3) is 0 Å². The van der Waals surface area contributed by atoms with Crippen molar-refractivity contribution in [2.45, 2.75) is 12.6 Å². The van der Waals surface area contributed by atoms with Crippen molar-refractivity contribution in [1.29, 1.82) is 0 Å². The van der Waals surface area contributed by atoms with Crippen molar-refractivity contribution < 1.29 is 9.90 Å². The van der Waals surface area contributed by atoms with Gasteiger partial charge in [0.05, 0.1) is 6.54 Å². The smallest absolute Gasteiger partial charge is 0.322 e. The number of aliphatic carboxylic acids is 1. The number of nitrogens with zero attached hydrogens (tertiary/aromatic N) is 4. The number of rotatable bonds is 3. The first-order chi connectivity index (χ1) is 5.20. The minimum absolute atomic E-state index is 0.0370. The third-order valence-electron chi connectivity index (χ3n) is 1.07. The molecule has 0 aromatic carbocycles. The minimum Gasteiger partial charge on any atom is -0.480 e. The van der Waals surface area contributed by atoms with E-state index in [0.717, 1.165) is 4.80 Å². The summed E-state index contributed by atoms with van der Waals surface area (Å²) in [6, 6.07) is -0.982. The van der Waals surface area contributed by atoms with E-state index >= 15 is 0 Å². The van der Waals surface area contributed by atoms with Crippen LogP contribution >= 0.6 is 0 Å². The van der Waals surface area contributed by atoms with Gasteiger partial charge in [-0.2, -0.15) is 4.80 Å². The van der Waals surface area contributed by atoms with Crippen LogP contribution in [0.4, 0.5) is 0 Å². The number of hydrogen-bond acceptors (Lipinski definition) is 5. The molecule has 7 heteroatoms. The molecule has 0 saturated carbocycles. The lowest BCUT2D eigenvalue weighted by Crippen LogP contribution is -2.35. The van der Waals surface area contributed by atoms with E-state index < -0.39 is 12.0 Å². The second-order valence-corrected chi connectivity index (χ2v) is 1.94. The summed E-state index contributed by atoms with van der Waals surface area (Å²) in [5.74, 6) is -1.08. The maximum absolute atomic E-state index is 10.2. The van der Waals surface area contributed by atoms with Crippen LogP contribution in [0.5, 0.6) is 0 Å². The maximum Gasteiger partial charge on any atom is 0.322 e. The van der Waals surface area contributed by atoms with Gasteiger partial charge in [-0.1, -0.05) is 0 Å². The standard InChI is InChI=1S/C4H7N5O2/c5-3(4(10)11)1-9-7-2-6-8-9/h2-3H,1,5H2,(H,10,11)/t3-/m0/s1. The van der Waals surface area contributed by atoms with Crippen LogP contribution in [0.15, 0.2) is 6.33 Å². The van der Waals surface area contributed by atoms with E-state index in [-0.39, 0.29) is 6.54 Å². The van der Waals surface area contributed by atoms with Crippen LogP contribution in [0.2, 0.25) is 0 Å². The Labute approximate surface area is 61.8 Å². The van der Waals surface area contributed by atoms with Crippen molar-refractivity contribution in [1.82, 2.24) is 20.2 Å². The second-order valence-electron chi connectivity index (χ2n) is 1.94. The molecule has 0 saturated heterocycles. The van der Waals surface area contributed by atoms with E-state index in [2.05, 4.69) is 15.4 Å². The Hall–Kier alpha value is -1.50. The van der Waals surface area contributed by atoms with Crippen molar-refractivity contribution in [3.63, 3.8) is 0 Å². The molecule has 0 unspecified atom stereocenters. The molecule has 1 heterocycles. The molecule has 3 N–H and O–H groups in total. The number of carbonyl (C=O) groups is 1. The van der Waals surface area contributed by atoms with Gasteiger partial charge in [0.25, 0.3) is 0 Å². The van der Waals surface area contributed by atoms with Gasteiger partial charge < -0.3 is 10.8 Å². The van der Waals surface area contributed by atoms with E-state index in [9.17, 15) is 4.79 Å². The highest BCUT2D eigenvalue weighted by Crippen LogP contribution is 1.82. The lowest BCUT2D eigenvalue weighted by molar-refractivity contribution is -0.139. The van der Waals surface area contributed by atoms with Crippen molar-refractivity contribution in [2.24, 2.45) is 5.73 Å². The van der Waals surface area contributed by atoms with Gasteiger partial charge in [0.1, 0.15) is 6.04 Å². The Morgan fingerprint density at radius 1 is 1.82 bits per heavy atom. The summed E-state index contributed by atoms with van der Waals surface area (Å²) in [6.07, 6.45) is 1.22. The van der Waals surface area contributed by atoms with Crippen LogP contribution in [0, 0.1) is 0 Å². The summed E-state index contributed by atoms with van der Waals surface area (Å²) in [4.78, 5) is 11.3. The molecule has 11 heavy (non-hydrogen) atoms. The fourth-order valence-corrected chi connectivity index (χ4v) is 0.526. The molecule has 60 valence electrons. The molecule has 0 fully saturated rings. The summed E-state index contributed by atoms with van der Waals surface area (Å²) in [7, 11) is 0. The molecule has 0 aliphatic heterocycles. The molecule has 0 amide bonds. The van der Waals surface area contributed by atoms with E-state index in [1.165, 1.54) is 6.33 Å². The quantitative estimate of drug-likeness (QED) is 0.529. The van der Waals surface area contributed by atoms with Gasteiger partial charge in [0, 0.05) is 0 Å². The molecule has 0 bridgehead atoms. The number of tetrazole rings is 1. The van der Waals surface area contributed by atoms with E-state index in [0.29, 0.717) is 0 Å². The van der Waals surface area contributed by atoms with Crippen LogP contribution < -0.4 is 5.73 Å². The van der Waals surface area contributed by atoms with Crippen LogP contribution in [-0.2, 0) is 11.3 Å². The molecule has 1 aromatic heterocycles. The van der Waals surface area contributed by atoms with Gasteiger partial charge in [-0.25, -0.2) is 0 Å². The lowest BCUT2D eigenvalue weighted by atomic mass is 10.3. The highest BCUT2D eigenvalue weighted by Gasteiger charge is 2.12. The normalized spacial score (nSPS) is 12.8. The fraction of sp³-hybridized carbons (Fsp3) is 0.500. The predicted octanol–water partition coefficient (Wildman–Crippen LogP) is -1.92. The van der Waals surface area contributed by atoms with Crippen molar-refractivity contribution in [3.05, 3.63) is 6.33 Å². The van der Waals surface area contributed by atoms with Gasteiger partial charge in [-0.3, -0.25) is 4.79 Å². The van der Waals surface area contributed by atoms with Crippen LogP contribution in [0.1, 0.15) is 0 Å². The Bertz CT molecular complexity index is 233. The molecule has 0 aliphatic rings. The highest BCUT2D eigenvalue weighted by molar-refractivity contribution is 5.72. The zero-order valence-corrected chi connectivity index (χ0v) is 5.58. The minimum atomic E-state index is -1.08. The summed E-state index contributed by atoms with van der Waals surface area (Å²) in [5.41, 5.74) is 5.18. The molecule has 1 aromatic rings. The first-order valence-electron chi connectivity index (χ1n) is 2.89. The summed E-state index contributed by atoms with van der Waals surface area (Å²) >= 11 is 0. The summed E-state index contributed by atoms with van der Waals surface area (Å²) in [5, 5.41) is 18.8. The van der Waals surface area contributed by atoms with Gasteiger partial charge in [0.2, 0.25) is 0 Å². The molecule has 7 nitrogen and oxygen atoms in total. The van der Waals surface area contributed by atoms with Gasteiger partial charge >= 0.3 is 5.97 Å². The third-order valence-corrected chi connectivity index (χ3v) is 1.07. The largest absolute Gasteiger partial charge is 0.480 e. The summed E-state index contributed by atoms with van der Waals surface area (Å²) in [6.45, 7) is 0.0370. The topological polar surface area (TPSA) is 107 Å². The second kappa shape index (κ2) is 3.06. The van der Waals surface area contributed by atoms with E-state index in [1.807, 2.05) is 0 Å². The predicted molar refractivity (Wildman–Crippen MR) is 33.4 cm³/mol. The Morgan fingerprint density at radius 3 is 3.00 bits per heavy atom. The van der Waals surface area contributed by atoms with Crippen molar-refractivity contribution in [2.75, 3.05) is 0 Å². The Kier molecular flexibility index (Phi) is 2.12. The molecule has 1 rings (SSSR count). The zero-order chi connectivity index (χ0) is 8.27.